The monoisotopic (exact) mass is 379 g/mol. The Morgan fingerprint density at radius 3 is 2.70 bits per heavy atom. The van der Waals surface area contributed by atoms with Crippen molar-refractivity contribution in [3.8, 4) is 0 Å². The smallest absolute Gasteiger partial charge is 0.220 e. The molecule has 0 aromatic heterocycles. The second-order valence-electron chi connectivity index (χ2n) is 8.15. The maximum atomic E-state index is 13.3. The summed E-state index contributed by atoms with van der Waals surface area (Å²) in [6.07, 6.45) is 4.81. The van der Waals surface area contributed by atoms with Crippen LogP contribution in [0.3, 0.4) is 0 Å². The van der Waals surface area contributed by atoms with Crippen molar-refractivity contribution in [1.82, 2.24) is 15.5 Å². The van der Waals surface area contributed by atoms with Gasteiger partial charge in [-0.1, -0.05) is 13.0 Å². The topological polar surface area (TPSA) is 44.4 Å². The molecule has 0 bridgehead atoms. The molecule has 27 heavy (non-hydrogen) atoms. The minimum Gasteiger partial charge on any atom is -0.353 e. The van der Waals surface area contributed by atoms with Crippen LogP contribution in [0.25, 0.3) is 0 Å². The molecule has 150 valence electrons. The molecule has 0 spiro atoms. The number of amides is 1. The Bertz CT molecular complexity index is 626. The van der Waals surface area contributed by atoms with Crippen molar-refractivity contribution < 1.29 is 13.6 Å². The highest BCUT2D eigenvalue weighted by atomic mass is 19.2. The summed E-state index contributed by atoms with van der Waals surface area (Å²) in [6, 6.07) is 4.30. The Labute approximate surface area is 160 Å². The van der Waals surface area contributed by atoms with Crippen molar-refractivity contribution in [3.05, 3.63) is 35.4 Å². The van der Waals surface area contributed by atoms with Crippen LogP contribution in [-0.4, -0.2) is 43.0 Å². The van der Waals surface area contributed by atoms with Crippen molar-refractivity contribution in [1.29, 1.82) is 0 Å². The molecule has 1 aromatic rings. The number of hydrogen-bond acceptors (Lipinski definition) is 3. The fourth-order valence-electron chi connectivity index (χ4n) is 4.24. The van der Waals surface area contributed by atoms with Crippen molar-refractivity contribution in [2.24, 2.45) is 11.8 Å². The van der Waals surface area contributed by atoms with Gasteiger partial charge in [0.1, 0.15) is 0 Å². The molecule has 2 atom stereocenters. The van der Waals surface area contributed by atoms with E-state index < -0.39 is 11.6 Å². The summed E-state index contributed by atoms with van der Waals surface area (Å²) in [5, 5.41) is 6.61. The quantitative estimate of drug-likeness (QED) is 0.798. The predicted molar refractivity (Wildman–Crippen MR) is 102 cm³/mol. The zero-order valence-corrected chi connectivity index (χ0v) is 16.1. The van der Waals surface area contributed by atoms with Crippen LogP contribution >= 0.6 is 0 Å². The van der Waals surface area contributed by atoms with Crippen LogP contribution < -0.4 is 10.6 Å². The van der Waals surface area contributed by atoms with Gasteiger partial charge in [0.25, 0.3) is 0 Å². The number of carbonyl (C=O) groups excluding carboxylic acids is 1. The van der Waals surface area contributed by atoms with E-state index in [1.807, 2.05) is 0 Å². The zero-order chi connectivity index (χ0) is 19.2. The third-order valence-electron chi connectivity index (χ3n) is 5.99. The molecule has 2 N–H and O–H groups in total. The van der Waals surface area contributed by atoms with E-state index in [1.165, 1.54) is 25.0 Å². The van der Waals surface area contributed by atoms with Gasteiger partial charge in [0.2, 0.25) is 5.91 Å². The standard InChI is InChI=1S/C21H31F2N3O/c1-15(17-3-2-8-24-13-17)11-21(27)25-18-6-9-26(10-7-18)14-16-4-5-19(22)20(23)12-16/h4-5,12,15,17-18,24H,2-3,6-11,13-14H2,1H3,(H,25,27). The van der Waals surface area contributed by atoms with E-state index in [1.54, 1.807) is 6.07 Å². The van der Waals surface area contributed by atoms with Crippen LogP contribution in [0.15, 0.2) is 18.2 Å². The number of benzene rings is 1. The van der Waals surface area contributed by atoms with Gasteiger partial charge >= 0.3 is 0 Å². The highest BCUT2D eigenvalue weighted by Gasteiger charge is 2.25. The van der Waals surface area contributed by atoms with Crippen LogP contribution in [-0.2, 0) is 11.3 Å². The summed E-state index contributed by atoms with van der Waals surface area (Å²) in [4.78, 5) is 14.6. The summed E-state index contributed by atoms with van der Waals surface area (Å²) in [5.74, 6) is -0.434. The van der Waals surface area contributed by atoms with Gasteiger partial charge in [0.15, 0.2) is 11.6 Å². The molecule has 4 nitrogen and oxygen atoms in total. The number of hydrogen-bond donors (Lipinski definition) is 2. The number of carbonyl (C=O) groups is 1. The fraction of sp³-hybridized carbons (Fsp3) is 0.667. The average molecular weight is 379 g/mol. The molecule has 0 radical (unpaired) electrons. The molecular weight excluding hydrogens is 348 g/mol. The minimum absolute atomic E-state index is 0.159. The first-order chi connectivity index (χ1) is 13.0. The van der Waals surface area contributed by atoms with Crippen LogP contribution in [0.5, 0.6) is 0 Å². The number of nitrogens with one attached hydrogen (secondary N) is 2. The number of nitrogens with zero attached hydrogens (tertiary/aromatic N) is 1. The second-order valence-corrected chi connectivity index (χ2v) is 8.15. The first kappa shape index (κ1) is 20.2. The Morgan fingerprint density at radius 2 is 2.04 bits per heavy atom. The number of halogens is 2. The van der Waals surface area contributed by atoms with E-state index in [9.17, 15) is 13.6 Å². The Morgan fingerprint density at radius 1 is 1.26 bits per heavy atom. The lowest BCUT2D eigenvalue weighted by molar-refractivity contribution is -0.123. The maximum Gasteiger partial charge on any atom is 0.220 e. The van der Waals surface area contributed by atoms with Crippen LogP contribution in [0.4, 0.5) is 8.78 Å². The molecule has 1 amide bonds. The summed E-state index contributed by atoms with van der Waals surface area (Å²) >= 11 is 0. The van der Waals surface area contributed by atoms with Gasteiger partial charge in [-0.2, -0.15) is 0 Å². The molecule has 0 saturated carbocycles. The van der Waals surface area contributed by atoms with Crippen molar-refractivity contribution >= 4 is 5.91 Å². The SMILES string of the molecule is CC(CC(=O)NC1CCN(Cc2ccc(F)c(F)c2)CC1)C1CCCNC1. The average Bonchev–Trinajstić information content (AvgIpc) is 2.67. The molecule has 2 aliphatic heterocycles. The zero-order valence-electron chi connectivity index (χ0n) is 16.1. The van der Waals surface area contributed by atoms with Crippen LogP contribution in [0.1, 0.15) is 44.6 Å². The van der Waals surface area contributed by atoms with E-state index in [2.05, 4.69) is 22.5 Å². The lowest BCUT2D eigenvalue weighted by Crippen LogP contribution is -2.45. The number of piperidine rings is 2. The van der Waals surface area contributed by atoms with E-state index in [0.29, 0.717) is 24.8 Å². The molecule has 2 unspecified atom stereocenters. The van der Waals surface area contributed by atoms with Crippen molar-refractivity contribution in [3.63, 3.8) is 0 Å². The Kier molecular flexibility index (Phi) is 7.19. The van der Waals surface area contributed by atoms with Gasteiger partial charge in [-0.15, -0.1) is 0 Å². The van der Waals surface area contributed by atoms with Crippen LogP contribution in [0.2, 0.25) is 0 Å². The molecule has 6 heteroatoms. The highest BCUT2D eigenvalue weighted by molar-refractivity contribution is 5.76. The van der Waals surface area contributed by atoms with E-state index in [0.717, 1.165) is 44.6 Å². The van der Waals surface area contributed by atoms with Gasteiger partial charge in [-0.05, 0) is 68.3 Å². The lowest BCUT2D eigenvalue weighted by Gasteiger charge is -2.33. The van der Waals surface area contributed by atoms with Gasteiger partial charge in [0.05, 0.1) is 0 Å². The van der Waals surface area contributed by atoms with Gasteiger partial charge in [0, 0.05) is 32.1 Å². The van der Waals surface area contributed by atoms with Gasteiger partial charge in [-0.25, -0.2) is 8.78 Å². The minimum atomic E-state index is -0.807. The van der Waals surface area contributed by atoms with Crippen molar-refractivity contribution in [2.45, 2.75) is 51.6 Å². The third-order valence-corrected chi connectivity index (χ3v) is 5.99. The molecule has 2 heterocycles. The van der Waals surface area contributed by atoms with E-state index in [4.69, 9.17) is 0 Å². The third kappa shape index (κ3) is 5.98. The molecule has 0 aliphatic carbocycles. The van der Waals surface area contributed by atoms with E-state index in [-0.39, 0.29) is 11.9 Å². The molecule has 2 saturated heterocycles. The van der Waals surface area contributed by atoms with E-state index >= 15 is 0 Å². The number of rotatable bonds is 6. The highest BCUT2D eigenvalue weighted by Crippen LogP contribution is 2.23. The summed E-state index contributed by atoms with van der Waals surface area (Å²) in [5.41, 5.74) is 0.784. The first-order valence-electron chi connectivity index (χ1n) is 10.2. The Balaban J connectivity index is 1.38. The maximum absolute atomic E-state index is 13.3. The normalized spacial score (nSPS) is 23.1. The molecule has 2 fully saturated rings. The second kappa shape index (κ2) is 9.60. The molecule has 1 aromatic carbocycles. The first-order valence-corrected chi connectivity index (χ1v) is 10.2. The summed E-state index contributed by atoms with van der Waals surface area (Å²) in [6.45, 7) is 6.62. The fourth-order valence-corrected chi connectivity index (χ4v) is 4.24. The predicted octanol–water partition coefficient (Wildman–Crippen LogP) is 3.07. The summed E-state index contributed by atoms with van der Waals surface area (Å²) in [7, 11) is 0. The molecular formula is C21H31F2N3O. The van der Waals surface area contributed by atoms with Gasteiger partial charge < -0.3 is 10.6 Å². The van der Waals surface area contributed by atoms with Crippen molar-refractivity contribution in [2.75, 3.05) is 26.2 Å². The number of likely N-dealkylation sites (tertiary alicyclic amines) is 1. The largest absolute Gasteiger partial charge is 0.353 e. The molecule has 3 rings (SSSR count). The lowest BCUT2D eigenvalue weighted by atomic mass is 9.85. The van der Waals surface area contributed by atoms with Gasteiger partial charge in [-0.3, -0.25) is 9.69 Å². The molecule has 2 aliphatic rings. The Hall–Kier alpha value is -1.53. The summed E-state index contributed by atoms with van der Waals surface area (Å²) < 4.78 is 26.4. The van der Waals surface area contributed by atoms with Crippen LogP contribution in [0, 0.1) is 23.5 Å².